The van der Waals surface area contributed by atoms with Crippen molar-refractivity contribution >= 4 is 27.5 Å². The lowest BCUT2D eigenvalue weighted by molar-refractivity contribution is -0.141. The lowest BCUT2D eigenvalue weighted by atomic mass is 10.0. The smallest absolute Gasteiger partial charge is 0.243 e. The molecule has 0 radical (unpaired) electrons. The van der Waals surface area contributed by atoms with Gasteiger partial charge in [-0.1, -0.05) is 73.5 Å². The molecule has 1 N–H and O–H groups in total. The number of benzene rings is 3. The van der Waals surface area contributed by atoms with Crippen LogP contribution < -0.4 is 9.62 Å². The summed E-state index contributed by atoms with van der Waals surface area (Å²) in [6, 6.07) is 22.9. The maximum atomic E-state index is 14.1. The molecule has 1 saturated carbocycles. The summed E-state index contributed by atoms with van der Waals surface area (Å²) in [6.07, 6.45) is 6.13. The van der Waals surface area contributed by atoms with Gasteiger partial charge < -0.3 is 10.2 Å². The van der Waals surface area contributed by atoms with Gasteiger partial charge in [-0.3, -0.25) is 13.9 Å². The summed E-state index contributed by atoms with van der Waals surface area (Å²) in [4.78, 5) is 29.7. The Labute approximate surface area is 257 Å². The van der Waals surface area contributed by atoms with Crippen LogP contribution in [0.2, 0.25) is 0 Å². The zero-order valence-electron chi connectivity index (χ0n) is 25.9. The second kappa shape index (κ2) is 14.7. The Morgan fingerprint density at radius 2 is 1.53 bits per heavy atom. The topological polar surface area (TPSA) is 86.8 Å². The van der Waals surface area contributed by atoms with Gasteiger partial charge >= 0.3 is 0 Å². The molecule has 0 aliphatic heterocycles. The molecule has 230 valence electrons. The van der Waals surface area contributed by atoms with Crippen molar-refractivity contribution < 1.29 is 18.0 Å². The molecule has 43 heavy (non-hydrogen) atoms. The lowest BCUT2D eigenvalue weighted by Crippen LogP contribution is -2.52. The Kier molecular flexibility index (Phi) is 11.0. The highest BCUT2D eigenvalue weighted by Gasteiger charge is 2.32. The summed E-state index contributed by atoms with van der Waals surface area (Å²) in [5, 5.41) is 3.24. The number of nitrogens with one attached hydrogen (secondary N) is 1. The number of carbonyl (C=O) groups excluding carboxylic acids is 2. The first-order valence-electron chi connectivity index (χ1n) is 15.3. The molecule has 0 bridgehead atoms. The number of nitrogens with zero attached hydrogens (tertiary/aromatic N) is 2. The molecule has 4 rings (SSSR count). The molecule has 0 saturated heterocycles. The van der Waals surface area contributed by atoms with Crippen molar-refractivity contribution in [1.29, 1.82) is 0 Å². The van der Waals surface area contributed by atoms with Gasteiger partial charge in [0.2, 0.25) is 21.8 Å². The first kappa shape index (κ1) is 32.3. The third kappa shape index (κ3) is 9.17. The van der Waals surface area contributed by atoms with Gasteiger partial charge in [0.1, 0.15) is 6.04 Å². The molecule has 0 unspecified atom stereocenters. The standard InChI is InChI=1S/C35H45N3O4S/c1-26-21-27(2)23-32(22-26)38(43(4,41)42)20-12-19-34(39)37(25-30-16-9-8-13-28(30)3)33(24-29-14-6-5-7-15-29)35(40)36-31-17-10-11-18-31/h5-9,13-16,21-23,31,33H,10-12,17-20,24-25H2,1-4H3,(H,36,40)/t33-/m1/s1. The van der Waals surface area contributed by atoms with Crippen molar-refractivity contribution in [2.45, 2.75) is 84.3 Å². The van der Waals surface area contributed by atoms with E-state index in [0.29, 0.717) is 25.1 Å². The number of anilines is 1. The molecular weight excluding hydrogens is 558 g/mol. The van der Waals surface area contributed by atoms with E-state index in [9.17, 15) is 18.0 Å². The molecule has 2 amide bonds. The van der Waals surface area contributed by atoms with Crippen LogP contribution in [-0.4, -0.2) is 50.0 Å². The molecule has 1 fully saturated rings. The molecule has 0 spiro atoms. The van der Waals surface area contributed by atoms with E-state index in [2.05, 4.69) is 5.32 Å². The maximum Gasteiger partial charge on any atom is 0.243 e. The summed E-state index contributed by atoms with van der Waals surface area (Å²) >= 11 is 0. The molecule has 1 atom stereocenters. The van der Waals surface area contributed by atoms with E-state index in [0.717, 1.165) is 53.5 Å². The third-order valence-electron chi connectivity index (χ3n) is 8.22. The Balaban J connectivity index is 1.60. The summed E-state index contributed by atoms with van der Waals surface area (Å²) in [5.74, 6) is -0.301. The fourth-order valence-electron chi connectivity index (χ4n) is 5.99. The monoisotopic (exact) mass is 603 g/mol. The highest BCUT2D eigenvalue weighted by molar-refractivity contribution is 7.92. The van der Waals surface area contributed by atoms with Crippen LogP contribution in [-0.2, 0) is 32.6 Å². The largest absolute Gasteiger partial charge is 0.352 e. The Morgan fingerprint density at radius 3 is 2.16 bits per heavy atom. The van der Waals surface area contributed by atoms with E-state index in [1.54, 1.807) is 4.90 Å². The van der Waals surface area contributed by atoms with Gasteiger partial charge in [-0.2, -0.15) is 0 Å². The second-order valence-corrected chi connectivity index (χ2v) is 13.8. The van der Waals surface area contributed by atoms with Gasteiger partial charge in [0.15, 0.2) is 0 Å². The van der Waals surface area contributed by atoms with Gasteiger partial charge in [-0.25, -0.2) is 8.42 Å². The number of sulfonamides is 1. The van der Waals surface area contributed by atoms with Gasteiger partial charge in [-0.05, 0) is 80.0 Å². The minimum Gasteiger partial charge on any atom is -0.352 e. The normalized spacial score (nSPS) is 14.3. The van der Waals surface area contributed by atoms with E-state index < -0.39 is 16.1 Å². The molecule has 1 aliphatic rings. The summed E-state index contributed by atoms with van der Waals surface area (Å²) in [7, 11) is -3.56. The summed E-state index contributed by atoms with van der Waals surface area (Å²) in [6.45, 7) is 6.36. The van der Waals surface area contributed by atoms with Crippen LogP contribution in [0.15, 0.2) is 72.8 Å². The summed E-state index contributed by atoms with van der Waals surface area (Å²) < 4.78 is 26.9. The lowest BCUT2D eigenvalue weighted by Gasteiger charge is -2.33. The molecule has 3 aromatic rings. The van der Waals surface area contributed by atoms with Crippen molar-refractivity contribution in [2.75, 3.05) is 17.1 Å². The van der Waals surface area contributed by atoms with Crippen molar-refractivity contribution in [3.8, 4) is 0 Å². The molecule has 0 aromatic heterocycles. The molecule has 0 heterocycles. The molecule has 8 heteroatoms. The van der Waals surface area contributed by atoms with Gasteiger partial charge in [0.25, 0.3) is 0 Å². The van der Waals surface area contributed by atoms with Gasteiger partial charge in [-0.15, -0.1) is 0 Å². The van der Waals surface area contributed by atoms with E-state index in [4.69, 9.17) is 0 Å². The quantitative estimate of drug-likeness (QED) is 0.265. The molecule has 7 nitrogen and oxygen atoms in total. The Bertz CT molecular complexity index is 1480. The Morgan fingerprint density at radius 1 is 0.907 bits per heavy atom. The van der Waals surface area contributed by atoms with Crippen LogP contribution in [0.25, 0.3) is 0 Å². The van der Waals surface area contributed by atoms with Crippen molar-refractivity contribution in [3.05, 3.63) is 101 Å². The van der Waals surface area contributed by atoms with E-state index in [-0.39, 0.29) is 30.8 Å². The second-order valence-electron chi connectivity index (χ2n) is 11.9. The third-order valence-corrected chi connectivity index (χ3v) is 9.42. The number of hydrogen-bond acceptors (Lipinski definition) is 4. The first-order chi connectivity index (χ1) is 20.5. The number of aryl methyl sites for hydroxylation is 3. The van der Waals surface area contributed by atoms with Crippen LogP contribution in [0.3, 0.4) is 0 Å². The fraction of sp³-hybridized carbons (Fsp3) is 0.429. The number of amides is 2. The maximum absolute atomic E-state index is 14.1. The highest BCUT2D eigenvalue weighted by atomic mass is 32.2. The van der Waals surface area contributed by atoms with Gasteiger partial charge in [0, 0.05) is 32.0 Å². The zero-order chi connectivity index (χ0) is 31.0. The van der Waals surface area contributed by atoms with Crippen LogP contribution in [0.4, 0.5) is 5.69 Å². The van der Waals surface area contributed by atoms with Gasteiger partial charge in [0.05, 0.1) is 11.9 Å². The van der Waals surface area contributed by atoms with Crippen molar-refractivity contribution in [2.24, 2.45) is 0 Å². The van der Waals surface area contributed by atoms with Crippen LogP contribution >= 0.6 is 0 Å². The number of hydrogen-bond donors (Lipinski definition) is 1. The first-order valence-corrected chi connectivity index (χ1v) is 17.1. The SMILES string of the molecule is Cc1cc(C)cc(N(CCCC(=O)N(Cc2ccccc2C)[C@H](Cc2ccccc2)C(=O)NC2CCCC2)S(C)(=O)=O)c1. The molecular formula is C35H45N3O4S. The van der Waals surface area contributed by atoms with Crippen LogP contribution in [0.1, 0.15) is 66.3 Å². The number of rotatable bonds is 13. The summed E-state index contributed by atoms with van der Waals surface area (Å²) in [5.41, 5.74) is 5.56. The van der Waals surface area contributed by atoms with Crippen LogP contribution in [0, 0.1) is 20.8 Å². The average Bonchev–Trinajstić information content (AvgIpc) is 3.46. The fourth-order valence-corrected chi connectivity index (χ4v) is 6.94. The van der Waals surface area contributed by atoms with Crippen molar-refractivity contribution in [3.63, 3.8) is 0 Å². The predicted molar refractivity (Wildman–Crippen MR) is 173 cm³/mol. The minimum absolute atomic E-state index is 0.116. The minimum atomic E-state index is -3.56. The number of carbonyl (C=O) groups is 2. The molecule has 1 aliphatic carbocycles. The Hall–Kier alpha value is -3.65. The predicted octanol–water partition coefficient (Wildman–Crippen LogP) is 5.86. The van der Waals surface area contributed by atoms with Crippen LogP contribution in [0.5, 0.6) is 0 Å². The van der Waals surface area contributed by atoms with E-state index in [1.807, 2.05) is 93.6 Å². The van der Waals surface area contributed by atoms with E-state index in [1.165, 1.54) is 10.6 Å². The zero-order valence-corrected chi connectivity index (χ0v) is 26.7. The van der Waals surface area contributed by atoms with Crippen molar-refractivity contribution in [1.82, 2.24) is 10.2 Å². The average molecular weight is 604 g/mol. The van der Waals surface area contributed by atoms with E-state index >= 15 is 0 Å². The highest BCUT2D eigenvalue weighted by Crippen LogP contribution is 2.24. The molecule has 3 aromatic carbocycles.